The van der Waals surface area contributed by atoms with Crippen LogP contribution in [0.15, 0.2) is 30.5 Å². The molecule has 1 fully saturated rings. The maximum atomic E-state index is 12.5. The molecule has 0 radical (unpaired) electrons. The van der Waals surface area contributed by atoms with Crippen LogP contribution >= 0.6 is 23.2 Å². The molecule has 1 saturated heterocycles. The van der Waals surface area contributed by atoms with Crippen LogP contribution in [0.3, 0.4) is 0 Å². The SMILES string of the molecule is Cc1cc(OC2CCOC2)ncc1C(=O)Cc1ccc(Cl)c(Cl)c1. The molecule has 126 valence electrons. The number of carbonyl (C=O) groups is 1. The number of halogens is 2. The highest BCUT2D eigenvalue weighted by Crippen LogP contribution is 2.24. The maximum Gasteiger partial charge on any atom is 0.213 e. The van der Waals surface area contributed by atoms with Gasteiger partial charge in [-0.05, 0) is 30.2 Å². The van der Waals surface area contributed by atoms with Gasteiger partial charge in [0.2, 0.25) is 5.88 Å². The molecule has 2 aromatic rings. The number of hydrogen-bond donors (Lipinski definition) is 0. The normalized spacial score (nSPS) is 17.0. The molecular formula is C18H17Cl2NO3. The van der Waals surface area contributed by atoms with Crippen molar-refractivity contribution in [3.05, 3.63) is 57.2 Å². The average molecular weight is 366 g/mol. The van der Waals surface area contributed by atoms with Crippen molar-refractivity contribution in [1.82, 2.24) is 4.98 Å². The highest BCUT2D eigenvalue weighted by molar-refractivity contribution is 6.42. The Labute approximate surface area is 150 Å². The van der Waals surface area contributed by atoms with Gasteiger partial charge in [0.1, 0.15) is 6.10 Å². The third-order valence-corrected chi connectivity index (χ3v) is 4.65. The minimum Gasteiger partial charge on any atom is -0.472 e. The van der Waals surface area contributed by atoms with Gasteiger partial charge in [0.25, 0.3) is 0 Å². The van der Waals surface area contributed by atoms with Gasteiger partial charge in [0, 0.05) is 30.7 Å². The number of ketones is 1. The van der Waals surface area contributed by atoms with E-state index in [0.717, 1.165) is 17.5 Å². The molecule has 6 heteroatoms. The van der Waals surface area contributed by atoms with Crippen LogP contribution in [0.1, 0.15) is 27.9 Å². The number of ether oxygens (including phenoxy) is 2. The van der Waals surface area contributed by atoms with E-state index in [2.05, 4.69) is 4.98 Å². The number of benzene rings is 1. The van der Waals surface area contributed by atoms with Crippen LogP contribution in [0.2, 0.25) is 10.0 Å². The van der Waals surface area contributed by atoms with Gasteiger partial charge in [0.15, 0.2) is 5.78 Å². The van der Waals surface area contributed by atoms with E-state index in [9.17, 15) is 4.79 Å². The number of carbonyl (C=O) groups excluding carboxylic acids is 1. The molecule has 0 bridgehead atoms. The smallest absolute Gasteiger partial charge is 0.213 e. The molecular weight excluding hydrogens is 349 g/mol. The first-order valence-corrected chi connectivity index (χ1v) is 8.46. The predicted octanol–water partition coefficient (Wildman–Crippen LogP) is 4.29. The van der Waals surface area contributed by atoms with E-state index < -0.39 is 0 Å². The Balaban J connectivity index is 1.71. The van der Waals surface area contributed by atoms with Crippen LogP contribution in [0.25, 0.3) is 0 Å². The molecule has 1 unspecified atom stereocenters. The molecule has 1 aromatic carbocycles. The summed E-state index contributed by atoms with van der Waals surface area (Å²) in [6.45, 7) is 3.17. The number of aromatic nitrogens is 1. The summed E-state index contributed by atoms with van der Waals surface area (Å²) >= 11 is 11.9. The third-order valence-electron chi connectivity index (χ3n) is 3.91. The van der Waals surface area contributed by atoms with E-state index in [0.29, 0.717) is 34.7 Å². The lowest BCUT2D eigenvalue weighted by Crippen LogP contribution is -2.17. The Morgan fingerprint density at radius 3 is 2.83 bits per heavy atom. The van der Waals surface area contributed by atoms with Crippen molar-refractivity contribution in [3.8, 4) is 5.88 Å². The standard InChI is InChI=1S/C18H17Cl2NO3/c1-11-6-18(24-13-4-5-23-10-13)21-9-14(11)17(22)8-12-2-3-15(19)16(20)7-12/h2-3,6-7,9,13H,4-5,8,10H2,1H3. The maximum absolute atomic E-state index is 12.5. The molecule has 2 heterocycles. The van der Waals surface area contributed by atoms with Gasteiger partial charge in [-0.25, -0.2) is 4.98 Å². The fourth-order valence-electron chi connectivity index (χ4n) is 2.59. The molecule has 0 spiro atoms. The van der Waals surface area contributed by atoms with E-state index in [4.69, 9.17) is 32.7 Å². The van der Waals surface area contributed by atoms with Crippen molar-refractivity contribution < 1.29 is 14.3 Å². The fraction of sp³-hybridized carbons (Fsp3) is 0.333. The summed E-state index contributed by atoms with van der Waals surface area (Å²) in [5.74, 6) is 0.503. The number of Topliss-reactive ketones (excluding diaryl/α,β-unsaturated/α-hetero) is 1. The van der Waals surface area contributed by atoms with E-state index in [1.807, 2.05) is 6.92 Å². The van der Waals surface area contributed by atoms with Crippen LogP contribution in [-0.2, 0) is 11.2 Å². The lowest BCUT2D eigenvalue weighted by molar-refractivity contribution is 0.0991. The van der Waals surface area contributed by atoms with Crippen molar-refractivity contribution in [2.24, 2.45) is 0 Å². The second-order valence-electron chi connectivity index (χ2n) is 5.79. The van der Waals surface area contributed by atoms with Crippen molar-refractivity contribution in [1.29, 1.82) is 0 Å². The van der Waals surface area contributed by atoms with Crippen LogP contribution in [0.5, 0.6) is 5.88 Å². The number of rotatable bonds is 5. The second kappa shape index (κ2) is 7.51. The first-order chi connectivity index (χ1) is 11.5. The highest BCUT2D eigenvalue weighted by atomic mass is 35.5. The van der Waals surface area contributed by atoms with E-state index in [1.165, 1.54) is 0 Å². The van der Waals surface area contributed by atoms with Crippen LogP contribution in [-0.4, -0.2) is 30.1 Å². The first kappa shape index (κ1) is 17.2. The summed E-state index contributed by atoms with van der Waals surface area (Å²) in [6, 6.07) is 6.99. The van der Waals surface area contributed by atoms with Gasteiger partial charge in [-0.1, -0.05) is 29.3 Å². The Morgan fingerprint density at radius 2 is 2.17 bits per heavy atom. The van der Waals surface area contributed by atoms with Gasteiger partial charge < -0.3 is 9.47 Å². The molecule has 1 aliphatic rings. The predicted molar refractivity (Wildman–Crippen MR) is 93.3 cm³/mol. The zero-order valence-corrected chi connectivity index (χ0v) is 14.7. The summed E-state index contributed by atoms with van der Waals surface area (Å²) in [5.41, 5.74) is 2.23. The average Bonchev–Trinajstić information content (AvgIpc) is 3.04. The minimum absolute atomic E-state index is 0.0193. The lowest BCUT2D eigenvalue weighted by Gasteiger charge is -2.12. The summed E-state index contributed by atoms with van der Waals surface area (Å²) < 4.78 is 11.0. The van der Waals surface area contributed by atoms with Crippen molar-refractivity contribution >= 4 is 29.0 Å². The quantitative estimate of drug-likeness (QED) is 0.741. The second-order valence-corrected chi connectivity index (χ2v) is 6.60. The number of aryl methyl sites for hydroxylation is 1. The van der Waals surface area contributed by atoms with Crippen molar-refractivity contribution in [2.75, 3.05) is 13.2 Å². The number of hydrogen-bond acceptors (Lipinski definition) is 4. The Kier molecular flexibility index (Phi) is 5.39. The first-order valence-electron chi connectivity index (χ1n) is 7.71. The molecule has 0 N–H and O–H groups in total. The largest absolute Gasteiger partial charge is 0.472 e. The third kappa shape index (κ3) is 4.07. The minimum atomic E-state index is -0.0193. The monoisotopic (exact) mass is 365 g/mol. The molecule has 0 aliphatic carbocycles. The topological polar surface area (TPSA) is 48.4 Å². The van der Waals surface area contributed by atoms with Crippen LogP contribution in [0, 0.1) is 6.92 Å². The number of pyridine rings is 1. The van der Waals surface area contributed by atoms with Gasteiger partial charge in [-0.15, -0.1) is 0 Å². The van der Waals surface area contributed by atoms with Crippen molar-refractivity contribution in [3.63, 3.8) is 0 Å². The van der Waals surface area contributed by atoms with E-state index in [-0.39, 0.29) is 18.3 Å². The van der Waals surface area contributed by atoms with Gasteiger partial charge in [-0.2, -0.15) is 0 Å². The van der Waals surface area contributed by atoms with E-state index >= 15 is 0 Å². The Bertz CT molecular complexity index is 758. The van der Waals surface area contributed by atoms with E-state index in [1.54, 1.807) is 30.5 Å². The molecule has 1 aromatic heterocycles. The Hall–Kier alpha value is -1.62. The molecule has 3 rings (SSSR count). The highest BCUT2D eigenvalue weighted by Gasteiger charge is 2.19. The molecule has 24 heavy (non-hydrogen) atoms. The number of nitrogens with zero attached hydrogens (tertiary/aromatic N) is 1. The van der Waals surface area contributed by atoms with Crippen molar-refractivity contribution in [2.45, 2.75) is 25.9 Å². The lowest BCUT2D eigenvalue weighted by atomic mass is 10.0. The molecule has 1 atom stereocenters. The van der Waals surface area contributed by atoms with Gasteiger partial charge in [0.05, 0.1) is 23.3 Å². The summed E-state index contributed by atoms with van der Waals surface area (Å²) in [6.07, 6.45) is 2.71. The van der Waals surface area contributed by atoms with Crippen LogP contribution in [0.4, 0.5) is 0 Å². The summed E-state index contributed by atoms with van der Waals surface area (Å²) in [5, 5.41) is 0.919. The molecule has 4 nitrogen and oxygen atoms in total. The molecule has 0 saturated carbocycles. The summed E-state index contributed by atoms with van der Waals surface area (Å²) in [7, 11) is 0. The van der Waals surface area contributed by atoms with Crippen LogP contribution < -0.4 is 4.74 Å². The molecule has 1 aliphatic heterocycles. The zero-order valence-electron chi connectivity index (χ0n) is 13.2. The van der Waals surface area contributed by atoms with Gasteiger partial charge >= 0.3 is 0 Å². The Morgan fingerprint density at radius 1 is 1.33 bits per heavy atom. The van der Waals surface area contributed by atoms with Gasteiger partial charge in [-0.3, -0.25) is 4.79 Å². The fourth-order valence-corrected chi connectivity index (χ4v) is 2.91. The molecule has 0 amide bonds. The summed E-state index contributed by atoms with van der Waals surface area (Å²) in [4.78, 5) is 16.8. The zero-order chi connectivity index (χ0) is 17.1.